The summed E-state index contributed by atoms with van der Waals surface area (Å²) in [4.78, 5) is 0. The Bertz CT molecular complexity index is 306. The Balaban J connectivity index is 2.96. The van der Waals surface area contributed by atoms with Gasteiger partial charge in [0.15, 0.2) is 11.6 Å². The molecule has 1 N–H and O–H groups in total. The van der Waals surface area contributed by atoms with Crippen LogP contribution in [-0.2, 0) is 6.42 Å². The van der Waals surface area contributed by atoms with E-state index in [1.54, 1.807) is 0 Å². The van der Waals surface area contributed by atoms with E-state index in [-0.39, 0.29) is 0 Å². The normalized spacial score (nSPS) is 11.7. The molecule has 72 valence electrons. The Hall–Kier alpha value is -1.26. The van der Waals surface area contributed by atoms with Crippen LogP contribution in [0.25, 0.3) is 0 Å². The van der Waals surface area contributed by atoms with Gasteiger partial charge in [0, 0.05) is 5.56 Å². The van der Waals surface area contributed by atoms with Crippen LogP contribution in [0.5, 0.6) is 5.75 Å². The molecular formula is C8H6F4O. The van der Waals surface area contributed by atoms with Gasteiger partial charge in [-0.3, -0.25) is 0 Å². The van der Waals surface area contributed by atoms with E-state index >= 15 is 0 Å². The minimum Gasteiger partial charge on any atom is -0.505 e. The predicted molar refractivity (Wildman–Crippen MR) is 37.8 cm³/mol. The van der Waals surface area contributed by atoms with E-state index in [1.807, 2.05) is 0 Å². The lowest BCUT2D eigenvalue weighted by Crippen LogP contribution is -2.12. The maximum absolute atomic E-state index is 12.8. The molecule has 0 aliphatic rings. The van der Waals surface area contributed by atoms with Crippen LogP contribution in [-0.4, -0.2) is 11.3 Å². The Morgan fingerprint density at radius 2 is 1.85 bits per heavy atom. The molecule has 1 nitrogen and oxygen atoms in total. The summed E-state index contributed by atoms with van der Waals surface area (Å²) in [5.74, 6) is -1.97. The van der Waals surface area contributed by atoms with Gasteiger partial charge in [0.1, 0.15) is 0 Å². The molecule has 13 heavy (non-hydrogen) atoms. The lowest BCUT2D eigenvalue weighted by molar-refractivity contribution is -0.127. The molecule has 0 aliphatic heterocycles. The fourth-order valence-electron chi connectivity index (χ4n) is 0.919. The number of hydrogen-bond acceptors (Lipinski definition) is 1. The standard InChI is InChI=1S/C8H6F4O/c9-7-5(4-8(10,11)12)2-1-3-6(7)13/h1-3,13H,4H2. The Morgan fingerprint density at radius 1 is 1.23 bits per heavy atom. The maximum Gasteiger partial charge on any atom is 0.393 e. The van der Waals surface area contributed by atoms with Crippen molar-refractivity contribution in [2.75, 3.05) is 0 Å². The Labute approximate surface area is 71.6 Å². The second-order valence-electron chi connectivity index (χ2n) is 2.54. The van der Waals surface area contributed by atoms with Gasteiger partial charge in [-0.25, -0.2) is 4.39 Å². The molecule has 1 aromatic rings. The number of phenolic OH excluding ortho intramolecular Hbond substituents is 1. The molecule has 0 saturated carbocycles. The van der Waals surface area contributed by atoms with E-state index in [1.165, 1.54) is 6.07 Å². The molecule has 0 heterocycles. The summed E-state index contributed by atoms with van der Waals surface area (Å²) in [6.45, 7) is 0. The van der Waals surface area contributed by atoms with Crippen LogP contribution < -0.4 is 0 Å². The number of benzene rings is 1. The first-order valence-corrected chi connectivity index (χ1v) is 3.43. The summed E-state index contributed by atoms with van der Waals surface area (Å²) in [6.07, 6.45) is -5.83. The lowest BCUT2D eigenvalue weighted by Gasteiger charge is -2.07. The summed E-state index contributed by atoms with van der Waals surface area (Å²) >= 11 is 0. The van der Waals surface area contributed by atoms with Crippen molar-refractivity contribution in [2.24, 2.45) is 0 Å². The number of rotatable bonds is 1. The lowest BCUT2D eigenvalue weighted by atomic mass is 10.1. The van der Waals surface area contributed by atoms with Gasteiger partial charge in [-0.1, -0.05) is 12.1 Å². The van der Waals surface area contributed by atoms with E-state index in [9.17, 15) is 17.6 Å². The van der Waals surface area contributed by atoms with E-state index in [4.69, 9.17) is 5.11 Å². The zero-order chi connectivity index (χ0) is 10.1. The average Bonchev–Trinajstić information content (AvgIpc) is 1.96. The predicted octanol–water partition coefficient (Wildman–Crippen LogP) is 2.64. The summed E-state index contributed by atoms with van der Waals surface area (Å²) in [5, 5.41) is 8.75. The van der Waals surface area contributed by atoms with Crippen LogP contribution in [0.15, 0.2) is 18.2 Å². The van der Waals surface area contributed by atoms with Gasteiger partial charge in [0.2, 0.25) is 0 Å². The molecule has 0 fully saturated rings. The number of alkyl halides is 3. The third kappa shape index (κ3) is 2.61. The quantitative estimate of drug-likeness (QED) is 0.681. The van der Waals surface area contributed by atoms with Crippen molar-refractivity contribution in [2.45, 2.75) is 12.6 Å². The fraction of sp³-hybridized carbons (Fsp3) is 0.250. The molecule has 0 aliphatic carbocycles. The minimum absolute atomic E-state index is 0.549. The van der Waals surface area contributed by atoms with Crippen molar-refractivity contribution >= 4 is 0 Å². The largest absolute Gasteiger partial charge is 0.505 e. The van der Waals surface area contributed by atoms with Crippen molar-refractivity contribution in [1.82, 2.24) is 0 Å². The van der Waals surface area contributed by atoms with Gasteiger partial charge in [-0.15, -0.1) is 0 Å². The van der Waals surface area contributed by atoms with Gasteiger partial charge < -0.3 is 5.11 Å². The van der Waals surface area contributed by atoms with Crippen LogP contribution >= 0.6 is 0 Å². The third-order valence-electron chi connectivity index (χ3n) is 1.45. The molecule has 0 radical (unpaired) electrons. The van der Waals surface area contributed by atoms with Gasteiger partial charge in [0.05, 0.1) is 6.42 Å². The van der Waals surface area contributed by atoms with E-state index < -0.39 is 29.7 Å². The zero-order valence-electron chi connectivity index (χ0n) is 6.40. The number of phenols is 1. The second kappa shape index (κ2) is 3.24. The fourth-order valence-corrected chi connectivity index (χ4v) is 0.919. The number of aromatic hydroxyl groups is 1. The minimum atomic E-state index is -4.46. The maximum atomic E-state index is 12.8. The molecule has 0 atom stereocenters. The second-order valence-corrected chi connectivity index (χ2v) is 2.54. The zero-order valence-corrected chi connectivity index (χ0v) is 6.40. The van der Waals surface area contributed by atoms with Gasteiger partial charge >= 0.3 is 6.18 Å². The molecule has 0 spiro atoms. The summed E-state index contributed by atoms with van der Waals surface area (Å²) in [6, 6.07) is 3.15. The van der Waals surface area contributed by atoms with Crippen molar-refractivity contribution < 1.29 is 22.7 Å². The van der Waals surface area contributed by atoms with Crippen molar-refractivity contribution in [3.05, 3.63) is 29.6 Å². The summed E-state index contributed by atoms with van der Waals surface area (Å²) in [5.41, 5.74) is -0.549. The van der Waals surface area contributed by atoms with E-state index in [0.29, 0.717) is 0 Å². The molecule has 5 heteroatoms. The van der Waals surface area contributed by atoms with Gasteiger partial charge in [0.25, 0.3) is 0 Å². The highest BCUT2D eigenvalue weighted by Crippen LogP contribution is 2.26. The van der Waals surface area contributed by atoms with Crippen LogP contribution in [0.4, 0.5) is 17.6 Å². The SMILES string of the molecule is Oc1cccc(CC(F)(F)F)c1F. The van der Waals surface area contributed by atoms with Crippen molar-refractivity contribution in [3.63, 3.8) is 0 Å². The molecule has 1 rings (SSSR count). The first kappa shape index (κ1) is 9.83. The van der Waals surface area contributed by atoms with Crippen LogP contribution in [0.2, 0.25) is 0 Å². The Kier molecular flexibility index (Phi) is 2.45. The summed E-state index contributed by atoms with van der Waals surface area (Å²) < 4.78 is 48.2. The topological polar surface area (TPSA) is 20.2 Å². The highest BCUT2D eigenvalue weighted by Gasteiger charge is 2.29. The van der Waals surface area contributed by atoms with Gasteiger partial charge in [-0.2, -0.15) is 13.2 Å². The molecular weight excluding hydrogens is 188 g/mol. The molecule has 0 bridgehead atoms. The first-order chi connectivity index (χ1) is 5.90. The summed E-state index contributed by atoms with van der Waals surface area (Å²) in [7, 11) is 0. The third-order valence-corrected chi connectivity index (χ3v) is 1.45. The van der Waals surface area contributed by atoms with Crippen molar-refractivity contribution in [3.8, 4) is 5.75 Å². The van der Waals surface area contributed by atoms with Crippen LogP contribution in [0.1, 0.15) is 5.56 Å². The van der Waals surface area contributed by atoms with E-state index in [0.717, 1.165) is 12.1 Å². The van der Waals surface area contributed by atoms with Crippen molar-refractivity contribution in [1.29, 1.82) is 0 Å². The highest BCUT2D eigenvalue weighted by molar-refractivity contribution is 5.30. The molecule has 0 amide bonds. The first-order valence-electron chi connectivity index (χ1n) is 3.43. The van der Waals surface area contributed by atoms with Crippen LogP contribution in [0, 0.1) is 5.82 Å². The Morgan fingerprint density at radius 3 is 2.38 bits per heavy atom. The molecule has 0 aromatic heterocycles. The monoisotopic (exact) mass is 194 g/mol. The number of hydrogen-bond donors (Lipinski definition) is 1. The van der Waals surface area contributed by atoms with E-state index in [2.05, 4.69) is 0 Å². The van der Waals surface area contributed by atoms with Crippen LogP contribution in [0.3, 0.4) is 0 Å². The average molecular weight is 194 g/mol. The number of halogens is 4. The molecule has 1 aromatic carbocycles. The highest BCUT2D eigenvalue weighted by atomic mass is 19.4. The smallest absolute Gasteiger partial charge is 0.393 e. The molecule has 0 saturated heterocycles. The molecule has 0 unspecified atom stereocenters. The van der Waals surface area contributed by atoms with Gasteiger partial charge in [-0.05, 0) is 6.07 Å².